The van der Waals surface area contributed by atoms with Gasteiger partial charge >= 0.3 is 5.97 Å². The van der Waals surface area contributed by atoms with Gasteiger partial charge in [-0.1, -0.05) is 46.3 Å². The average molecular weight is 395 g/mol. The first-order chi connectivity index (χ1) is 11.0. The molecule has 0 amide bonds. The van der Waals surface area contributed by atoms with Crippen LogP contribution in [0.15, 0.2) is 57.9 Å². The number of benzene rings is 2. The standard InChI is InChI=1S/C18H19BrO3S/c19-16-5-3-6-17(13-16)23(22)11-2-1-4-14-7-9-15(10-8-14)12-18(20)21/h3,5-10,13H,1-2,4,11-12H2,(H,20,21). The zero-order valence-electron chi connectivity index (χ0n) is 12.7. The number of unbranched alkanes of at least 4 members (excludes halogenated alkanes) is 1. The molecule has 23 heavy (non-hydrogen) atoms. The van der Waals surface area contributed by atoms with Crippen LogP contribution in [-0.2, 0) is 28.4 Å². The lowest BCUT2D eigenvalue weighted by Crippen LogP contribution is -2.00. The number of aryl methyl sites for hydroxylation is 1. The van der Waals surface area contributed by atoms with Crippen molar-refractivity contribution in [2.75, 3.05) is 5.75 Å². The molecule has 0 saturated heterocycles. The molecule has 3 nitrogen and oxygen atoms in total. The summed E-state index contributed by atoms with van der Waals surface area (Å²) in [5.74, 6) is -0.152. The molecule has 2 rings (SSSR count). The summed E-state index contributed by atoms with van der Waals surface area (Å²) < 4.78 is 13.1. The molecule has 122 valence electrons. The molecule has 0 aliphatic carbocycles. The average Bonchev–Trinajstić information content (AvgIpc) is 2.52. The minimum absolute atomic E-state index is 0.0614. The summed E-state index contributed by atoms with van der Waals surface area (Å²) in [5, 5.41) is 8.74. The van der Waals surface area contributed by atoms with Gasteiger partial charge in [-0.05, 0) is 48.6 Å². The van der Waals surface area contributed by atoms with E-state index in [0.29, 0.717) is 5.75 Å². The Bertz CT molecular complexity index is 683. The van der Waals surface area contributed by atoms with E-state index < -0.39 is 16.8 Å². The fraction of sp³-hybridized carbons (Fsp3) is 0.278. The van der Waals surface area contributed by atoms with Crippen LogP contribution in [0.3, 0.4) is 0 Å². The number of carboxylic acids is 1. The quantitative estimate of drug-likeness (QED) is 0.682. The second-order valence-electron chi connectivity index (χ2n) is 5.35. The molecule has 0 spiro atoms. The van der Waals surface area contributed by atoms with Crippen LogP contribution in [-0.4, -0.2) is 21.0 Å². The van der Waals surface area contributed by atoms with Crippen LogP contribution in [0.5, 0.6) is 0 Å². The smallest absolute Gasteiger partial charge is 0.307 e. The summed E-state index contributed by atoms with van der Waals surface area (Å²) >= 11 is 3.39. The minimum atomic E-state index is -0.957. The summed E-state index contributed by atoms with van der Waals surface area (Å²) in [4.78, 5) is 11.5. The van der Waals surface area contributed by atoms with Gasteiger partial charge in [-0.15, -0.1) is 0 Å². The summed E-state index contributed by atoms with van der Waals surface area (Å²) in [7, 11) is -0.957. The molecule has 2 aromatic rings. The molecule has 0 saturated carbocycles. The lowest BCUT2D eigenvalue weighted by Gasteiger charge is -2.05. The summed E-state index contributed by atoms with van der Waals surface area (Å²) in [5.41, 5.74) is 2.00. The third-order valence-electron chi connectivity index (χ3n) is 3.48. The van der Waals surface area contributed by atoms with Crippen LogP contribution in [0.25, 0.3) is 0 Å². The van der Waals surface area contributed by atoms with Crippen molar-refractivity contribution in [3.8, 4) is 0 Å². The molecule has 1 N–H and O–H groups in total. The molecular weight excluding hydrogens is 376 g/mol. The molecular formula is C18H19BrO3S. The highest BCUT2D eigenvalue weighted by molar-refractivity contribution is 9.10. The van der Waals surface area contributed by atoms with E-state index in [1.807, 2.05) is 48.5 Å². The van der Waals surface area contributed by atoms with E-state index in [2.05, 4.69) is 15.9 Å². The highest BCUT2D eigenvalue weighted by Gasteiger charge is 2.05. The van der Waals surface area contributed by atoms with Crippen molar-refractivity contribution >= 4 is 32.7 Å². The van der Waals surface area contributed by atoms with Crippen molar-refractivity contribution in [1.82, 2.24) is 0 Å². The maximum absolute atomic E-state index is 12.2. The number of aliphatic carboxylic acids is 1. The molecule has 1 atom stereocenters. The Morgan fingerprint density at radius 2 is 1.74 bits per heavy atom. The topological polar surface area (TPSA) is 54.4 Å². The molecule has 2 aromatic carbocycles. The first-order valence-electron chi connectivity index (χ1n) is 7.48. The van der Waals surface area contributed by atoms with Gasteiger partial charge in [0.2, 0.25) is 0 Å². The van der Waals surface area contributed by atoms with Gasteiger partial charge in [-0.3, -0.25) is 9.00 Å². The summed E-state index contributed by atoms with van der Waals surface area (Å²) in [6.45, 7) is 0. The molecule has 0 radical (unpaired) electrons. The molecule has 0 aliphatic heterocycles. The van der Waals surface area contributed by atoms with Gasteiger partial charge in [-0.25, -0.2) is 0 Å². The lowest BCUT2D eigenvalue weighted by atomic mass is 10.1. The Hall–Kier alpha value is -1.46. The van der Waals surface area contributed by atoms with E-state index in [1.54, 1.807) is 0 Å². The Morgan fingerprint density at radius 3 is 2.39 bits per heavy atom. The highest BCUT2D eigenvalue weighted by Crippen LogP contribution is 2.16. The van der Waals surface area contributed by atoms with Crippen LogP contribution in [0, 0.1) is 0 Å². The van der Waals surface area contributed by atoms with Crippen LogP contribution in [0.2, 0.25) is 0 Å². The van der Waals surface area contributed by atoms with Gasteiger partial charge in [-0.2, -0.15) is 0 Å². The van der Waals surface area contributed by atoms with E-state index in [9.17, 15) is 9.00 Å². The van der Waals surface area contributed by atoms with E-state index in [1.165, 1.54) is 5.56 Å². The van der Waals surface area contributed by atoms with Gasteiger partial charge < -0.3 is 5.11 Å². The first kappa shape index (κ1) is 17.9. The lowest BCUT2D eigenvalue weighted by molar-refractivity contribution is -0.136. The van der Waals surface area contributed by atoms with Crippen molar-refractivity contribution < 1.29 is 14.1 Å². The van der Waals surface area contributed by atoms with Gasteiger partial charge in [0.25, 0.3) is 0 Å². The van der Waals surface area contributed by atoms with Crippen LogP contribution in [0.1, 0.15) is 24.0 Å². The normalized spacial score (nSPS) is 12.0. The van der Waals surface area contributed by atoms with Crippen molar-refractivity contribution in [2.45, 2.75) is 30.6 Å². The Morgan fingerprint density at radius 1 is 1.04 bits per heavy atom. The van der Waals surface area contributed by atoms with E-state index >= 15 is 0 Å². The van der Waals surface area contributed by atoms with E-state index in [4.69, 9.17) is 5.11 Å². The molecule has 0 aliphatic rings. The van der Waals surface area contributed by atoms with Gasteiger partial charge in [0.15, 0.2) is 0 Å². The van der Waals surface area contributed by atoms with Crippen molar-refractivity contribution in [3.05, 3.63) is 64.1 Å². The summed E-state index contributed by atoms with van der Waals surface area (Å²) in [6.07, 6.45) is 2.85. The Labute approximate surface area is 147 Å². The zero-order valence-corrected chi connectivity index (χ0v) is 15.1. The zero-order chi connectivity index (χ0) is 16.7. The number of rotatable bonds is 8. The van der Waals surface area contributed by atoms with Crippen molar-refractivity contribution in [1.29, 1.82) is 0 Å². The van der Waals surface area contributed by atoms with E-state index in [-0.39, 0.29) is 6.42 Å². The number of carbonyl (C=O) groups is 1. The van der Waals surface area contributed by atoms with Crippen LogP contribution < -0.4 is 0 Å². The van der Waals surface area contributed by atoms with Crippen molar-refractivity contribution in [2.24, 2.45) is 0 Å². The third kappa shape index (κ3) is 6.28. The monoisotopic (exact) mass is 394 g/mol. The maximum atomic E-state index is 12.2. The Kier molecular flexibility index (Phi) is 6.99. The SMILES string of the molecule is O=C(O)Cc1ccc(CCCCS(=O)c2cccc(Br)c2)cc1. The number of hydrogen-bond acceptors (Lipinski definition) is 2. The fourth-order valence-corrected chi connectivity index (χ4v) is 4.03. The molecule has 5 heteroatoms. The minimum Gasteiger partial charge on any atom is -0.481 e. The predicted molar refractivity (Wildman–Crippen MR) is 96.1 cm³/mol. The second kappa shape index (κ2) is 8.99. The summed E-state index contributed by atoms with van der Waals surface area (Å²) in [6, 6.07) is 15.3. The van der Waals surface area contributed by atoms with E-state index in [0.717, 1.165) is 34.2 Å². The molecule has 0 aromatic heterocycles. The maximum Gasteiger partial charge on any atom is 0.307 e. The second-order valence-corrected chi connectivity index (χ2v) is 7.84. The largest absolute Gasteiger partial charge is 0.481 e. The van der Waals surface area contributed by atoms with Gasteiger partial charge in [0, 0.05) is 15.1 Å². The number of carboxylic acid groups (broad SMARTS) is 1. The fourth-order valence-electron chi connectivity index (χ4n) is 2.29. The molecule has 0 fully saturated rings. The predicted octanol–water partition coefficient (Wildman–Crippen LogP) is 4.21. The van der Waals surface area contributed by atoms with Crippen LogP contribution in [0.4, 0.5) is 0 Å². The molecule has 0 heterocycles. The highest BCUT2D eigenvalue weighted by atomic mass is 79.9. The first-order valence-corrected chi connectivity index (χ1v) is 9.59. The molecule has 1 unspecified atom stereocenters. The Balaban J connectivity index is 1.74. The van der Waals surface area contributed by atoms with Gasteiger partial charge in [0.1, 0.15) is 0 Å². The number of halogens is 1. The van der Waals surface area contributed by atoms with Gasteiger partial charge in [0.05, 0.1) is 17.2 Å². The molecule has 0 bridgehead atoms. The number of hydrogen-bond donors (Lipinski definition) is 1. The van der Waals surface area contributed by atoms with Crippen LogP contribution >= 0.6 is 15.9 Å². The van der Waals surface area contributed by atoms with Crippen molar-refractivity contribution in [3.63, 3.8) is 0 Å². The third-order valence-corrected chi connectivity index (χ3v) is 5.41.